The molecule has 340 valence electrons. The first-order valence-corrected chi connectivity index (χ1v) is 24.1. The summed E-state index contributed by atoms with van der Waals surface area (Å²) in [4.78, 5) is 35.4. The summed E-state index contributed by atoms with van der Waals surface area (Å²) >= 11 is 0. The molecule has 1 N–H and O–H groups in total. The van der Waals surface area contributed by atoms with E-state index in [4.69, 9.17) is 18.5 Å². The van der Waals surface area contributed by atoms with E-state index in [1.54, 1.807) is 0 Å². The van der Waals surface area contributed by atoms with Crippen molar-refractivity contribution in [1.82, 2.24) is 0 Å². The third-order valence-electron chi connectivity index (χ3n) is 8.79. The summed E-state index contributed by atoms with van der Waals surface area (Å²) in [7, 11) is 1.40. The number of rotatable bonds is 39. The van der Waals surface area contributed by atoms with Gasteiger partial charge in [-0.15, -0.1) is 0 Å². The number of unbranched alkanes of at least 4 members (excludes halogenated alkanes) is 7. The highest BCUT2D eigenvalue weighted by atomic mass is 31.2. The second kappa shape index (κ2) is 41.0. The molecule has 9 nitrogen and oxygen atoms in total. The topological polar surface area (TPSA) is 108 Å². The zero-order chi connectivity index (χ0) is 44.3. The van der Waals surface area contributed by atoms with Crippen LogP contribution in [0.25, 0.3) is 0 Å². The molecule has 0 saturated carbocycles. The summed E-state index contributed by atoms with van der Waals surface area (Å²) in [5.74, 6) is -0.916. The van der Waals surface area contributed by atoms with Gasteiger partial charge < -0.3 is 18.9 Å². The lowest BCUT2D eigenvalue weighted by molar-refractivity contribution is -0.870. The molecule has 0 fully saturated rings. The van der Waals surface area contributed by atoms with Crippen molar-refractivity contribution < 1.29 is 42.1 Å². The van der Waals surface area contributed by atoms with E-state index >= 15 is 0 Å². The molecule has 1 unspecified atom stereocenters. The predicted molar refractivity (Wildman–Crippen MR) is 251 cm³/mol. The van der Waals surface area contributed by atoms with Crippen molar-refractivity contribution in [3.8, 4) is 0 Å². The maximum atomic E-state index is 12.7. The van der Waals surface area contributed by atoms with Crippen LogP contribution in [0.2, 0.25) is 0 Å². The average molecular weight is 857 g/mol. The SMILES string of the molecule is CC/C=C/C/C=C/C/C=C/C/C=C/C/C=C/CCCC(=O)OC[C@H](COP(=O)(O)OCC[N+](C)(C)C)OC(=O)CCCCC/C=C/C/C=C/C/C=C/C/C=C/CCCCC. The second-order valence-corrected chi connectivity index (χ2v) is 17.1. The van der Waals surface area contributed by atoms with Crippen LogP contribution in [0.4, 0.5) is 0 Å². The summed E-state index contributed by atoms with van der Waals surface area (Å²) in [6, 6.07) is 0. The van der Waals surface area contributed by atoms with E-state index in [1.165, 1.54) is 25.7 Å². The monoisotopic (exact) mass is 857 g/mol. The molecule has 0 aromatic heterocycles. The Kier molecular flexibility index (Phi) is 38.8. The fourth-order valence-corrected chi connectivity index (χ4v) is 6.01. The van der Waals surface area contributed by atoms with Crippen LogP contribution in [0.5, 0.6) is 0 Å². The van der Waals surface area contributed by atoms with Gasteiger partial charge in [-0.2, -0.15) is 0 Å². The van der Waals surface area contributed by atoms with Crippen LogP contribution in [0.15, 0.2) is 109 Å². The largest absolute Gasteiger partial charge is 0.472 e. The first kappa shape index (κ1) is 56.7. The summed E-state index contributed by atoms with van der Waals surface area (Å²) in [5.41, 5.74) is 0. The van der Waals surface area contributed by atoms with Gasteiger partial charge in [0, 0.05) is 12.8 Å². The molecule has 0 bridgehead atoms. The lowest BCUT2D eigenvalue weighted by Gasteiger charge is -2.24. The lowest BCUT2D eigenvalue weighted by atomic mass is 10.1. The van der Waals surface area contributed by atoms with Gasteiger partial charge in [0.25, 0.3) is 0 Å². The minimum Gasteiger partial charge on any atom is -0.462 e. The third-order valence-corrected chi connectivity index (χ3v) is 9.77. The van der Waals surface area contributed by atoms with Crippen LogP contribution >= 0.6 is 7.82 Å². The number of hydrogen-bond acceptors (Lipinski definition) is 7. The average Bonchev–Trinajstić information content (AvgIpc) is 3.20. The van der Waals surface area contributed by atoms with Gasteiger partial charge in [-0.25, -0.2) is 4.57 Å². The number of hydrogen-bond donors (Lipinski definition) is 1. The van der Waals surface area contributed by atoms with E-state index in [9.17, 15) is 19.0 Å². The Morgan fingerprint density at radius 2 is 0.967 bits per heavy atom. The summed E-state index contributed by atoms with van der Waals surface area (Å²) in [6.45, 7) is 4.14. The molecular formula is C50H83NO8P+. The molecule has 0 heterocycles. The van der Waals surface area contributed by atoms with Crippen molar-refractivity contribution in [1.29, 1.82) is 0 Å². The predicted octanol–water partition coefficient (Wildman–Crippen LogP) is 13.1. The number of esters is 2. The molecule has 0 aromatic rings. The summed E-state index contributed by atoms with van der Waals surface area (Å²) < 4.78 is 34.2. The Bertz CT molecular complexity index is 1380. The van der Waals surface area contributed by atoms with Crippen molar-refractivity contribution in [3.05, 3.63) is 109 Å². The van der Waals surface area contributed by atoms with Crippen molar-refractivity contribution >= 4 is 19.8 Å². The first-order chi connectivity index (χ1) is 29.0. The van der Waals surface area contributed by atoms with E-state index in [0.717, 1.165) is 77.0 Å². The maximum Gasteiger partial charge on any atom is 0.472 e. The van der Waals surface area contributed by atoms with E-state index in [-0.39, 0.29) is 26.1 Å². The number of phosphoric ester groups is 1. The number of quaternary nitrogens is 1. The zero-order valence-electron chi connectivity index (χ0n) is 38.1. The van der Waals surface area contributed by atoms with Crippen LogP contribution in [0.1, 0.15) is 142 Å². The van der Waals surface area contributed by atoms with Crippen molar-refractivity contribution in [2.75, 3.05) is 47.5 Å². The van der Waals surface area contributed by atoms with Crippen LogP contribution in [0, 0.1) is 0 Å². The molecule has 60 heavy (non-hydrogen) atoms. The fraction of sp³-hybridized carbons (Fsp3) is 0.600. The van der Waals surface area contributed by atoms with Gasteiger partial charge >= 0.3 is 19.8 Å². The Labute approximate surface area is 366 Å². The molecule has 0 saturated heterocycles. The Morgan fingerprint density at radius 3 is 1.43 bits per heavy atom. The molecule has 0 aliphatic heterocycles. The normalized spacial score (nSPS) is 14.6. The van der Waals surface area contributed by atoms with Crippen molar-refractivity contribution in [2.24, 2.45) is 0 Å². The number of ether oxygens (including phenoxy) is 2. The van der Waals surface area contributed by atoms with E-state index in [2.05, 4.69) is 117 Å². The quantitative estimate of drug-likeness (QED) is 0.0214. The van der Waals surface area contributed by atoms with Crippen LogP contribution in [-0.4, -0.2) is 74.9 Å². The Hall–Kier alpha value is -3.33. The molecule has 0 aliphatic rings. The minimum atomic E-state index is -4.41. The Morgan fingerprint density at radius 1 is 0.533 bits per heavy atom. The second-order valence-electron chi connectivity index (χ2n) is 15.7. The highest BCUT2D eigenvalue weighted by Crippen LogP contribution is 2.43. The van der Waals surface area contributed by atoms with Gasteiger partial charge in [0.05, 0.1) is 27.7 Å². The van der Waals surface area contributed by atoms with Crippen molar-refractivity contribution in [3.63, 3.8) is 0 Å². The number of carbonyl (C=O) groups excluding carboxylic acids is 2. The molecule has 2 atom stereocenters. The fourth-order valence-electron chi connectivity index (χ4n) is 5.27. The highest BCUT2D eigenvalue weighted by Gasteiger charge is 2.27. The van der Waals surface area contributed by atoms with Gasteiger partial charge in [0.2, 0.25) is 0 Å². The zero-order valence-corrected chi connectivity index (χ0v) is 39.0. The third kappa shape index (κ3) is 44.2. The molecule has 0 radical (unpaired) electrons. The van der Waals surface area contributed by atoms with Gasteiger partial charge in [-0.1, -0.05) is 142 Å². The van der Waals surface area contributed by atoms with Crippen LogP contribution < -0.4 is 0 Å². The van der Waals surface area contributed by atoms with E-state index in [0.29, 0.717) is 23.9 Å². The van der Waals surface area contributed by atoms with Gasteiger partial charge in [-0.05, 0) is 96.3 Å². The summed E-state index contributed by atoms with van der Waals surface area (Å²) in [6.07, 6.45) is 55.7. The highest BCUT2D eigenvalue weighted by molar-refractivity contribution is 7.47. The number of likely N-dealkylation sites (N-methyl/N-ethyl adjacent to an activating group) is 1. The Balaban J connectivity index is 4.53. The first-order valence-electron chi connectivity index (χ1n) is 22.6. The minimum absolute atomic E-state index is 0.00959. The molecule has 0 aliphatic carbocycles. The van der Waals surface area contributed by atoms with Gasteiger partial charge in [0.15, 0.2) is 6.10 Å². The van der Waals surface area contributed by atoms with E-state index < -0.39 is 32.5 Å². The number of nitrogens with zero attached hydrogens (tertiary/aromatic N) is 1. The summed E-state index contributed by atoms with van der Waals surface area (Å²) in [5, 5.41) is 0. The smallest absolute Gasteiger partial charge is 0.462 e. The molecular weight excluding hydrogens is 774 g/mol. The molecule has 0 amide bonds. The lowest BCUT2D eigenvalue weighted by Crippen LogP contribution is -2.37. The van der Waals surface area contributed by atoms with Gasteiger partial charge in [0.1, 0.15) is 19.8 Å². The van der Waals surface area contributed by atoms with Crippen LogP contribution in [0.3, 0.4) is 0 Å². The van der Waals surface area contributed by atoms with E-state index in [1.807, 2.05) is 27.2 Å². The van der Waals surface area contributed by atoms with Crippen molar-refractivity contribution in [2.45, 2.75) is 148 Å². The molecule has 0 spiro atoms. The number of allylic oxidation sites excluding steroid dienone is 18. The van der Waals surface area contributed by atoms with Gasteiger partial charge in [-0.3, -0.25) is 18.6 Å². The molecule has 10 heteroatoms. The molecule has 0 rings (SSSR count). The van der Waals surface area contributed by atoms with Crippen LogP contribution in [-0.2, 0) is 32.7 Å². The standard InChI is InChI=1S/C50H82NO8P/c1-6-8-10-12-14-16-18-20-22-24-25-27-29-31-33-35-37-39-41-43-50(53)59-48(47-58-60(54,55)57-45-44-51(3,4)5)46-56-49(52)42-40-38-36-34-32-30-28-26-23-21-19-17-15-13-11-9-7-2/h9,11,14-17,20-23,25,27-28,30-31,33-34,36,48H,6-8,10,12-13,18-19,24,26,29,32,35,37-47H2,1-5H3/p+1/b11-9+,16-14+,17-15+,22-20+,23-21+,27-25+,30-28+,33-31+,36-34+/t48-/m1/s1. The maximum absolute atomic E-state index is 12.7. The number of phosphoric acid groups is 1. The number of carbonyl (C=O) groups is 2. The molecule has 0 aromatic carbocycles.